The summed E-state index contributed by atoms with van der Waals surface area (Å²) in [5, 5.41) is 23.7. The summed E-state index contributed by atoms with van der Waals surface area (Å²) in [5.41, 5.74) is 9.75. The van der Waals surface area contributed by atoms with Crippen LogP contribution in [0.4, 0.5) is 0 Å². The van der Waals surface area contributed by atoms with Crippen LogP contribution < -0.4 is 10.5 Å². The fourth-order valence-electron chi connectivity index (χ4n) is 3.68. The summed E-state index contributed by atoms with van der Waals surface area (Å²) in [5.74, 6) is 0.495. The van der Waals surface area contributed by atoms with Gasteiger partial charge in [0.15, 0.2) is 0 Å². The topological polar surface area (TPSA) is 149 Å². The molecule has 3 rings (SSSR count). The van der Waals surface area contributed by atoms with Crippen molar-refractivity contribution in [3.8, 4) is 28.6 Å². The number of aliphatic hydroxyl groups excluding tert-OH is 2. The zero-order chi connectivity index (χ0) is 24.8. The molecular formula is C25H29N3O6. The van der Waals surface area contributed by atoms with Gasteiger partial charge in [-0.25, -0.2) is 0 Å². The van der Waals surface area contributed by atoms with E-state index >= 15 is 0 Å². The highest BCUT2D eigenvalue weighted by atomic mass is 16.5. The van der Waals surface area contributed by atoms with E-state index in [-0.39, 0.29) is 13.0 Å². The van der Waals surface area contributed by atoms with Crippen molar-refractivity contribution in [3.63, 3.8) is 0 Å². The van der Waals surface area contributed by atoms with E-state index in [9.17, 15) is 19.8 Å². The molecule has 1 unspecified atom stereocenters. The van der Waals surface area contributed by atoms with Crippen molar-refractivity contribution in [2.24, 2.45) is 5.73 Å². The number of carbonyl (C=O) groups excluding carboxylic acids is 2. The Labute approximate surface area is 197 Å². The van der Waals surface area contributed by atoms with Crippen LogP contribution in [0.25, 0.3) is 22.8 Å². The molecule has 0 spiro atoms. The van der Waals surface area contributed by atoms with Gasteiger partial charge >= 0.3 is 0 Å². The van der Waals surface area contributed by atoms with Crippen molar-refractivity contribution in [2.75, 3.05) is 6.61 Å². The predicted octanol–water partition coefficient (Wildman–Crippen LogP) is 2.63. The summed E-state index contributed by atoms with van der Waals surface area (Å²) in [4.78, 5) is 26.7. The van der Waals surface area contributed by atoms with Gasteiger partial charge in [-0.2, -0.15) is 4.98 Å². The first kappa shape index (κ1) is 25.1. The third-order valence-corrected chi connectivity index (χ3v) is 5.56. The van der Waals surface area contributed by atoms with Crippen molar-refractivity contribution in [2.45, 2.75) is 52.2 Å². The Balaban J connectivity index is 1.82. The third kappa shape index (κ3) is 5.67. The van der Waals surface area contributed by atoms with Crippen LogP contribution >= 0.6 is 0 Å². The summed E-state index contributed by atoms with van der Waals surface area (Å²) in [6, 6.07) is 9.16. The molecule has 2 atom stereocenters. The van der Waals surface area contributed by atoms with Gasteiger partial charge < -0.3 is 25.2 Å². The maximum atomic E-state index is 11.2. The van der Waals surface area contributed by atoms with Gasteiger partial charge in [-0.1, -0.05) is 25.1 Å². The molecule has 4 N–H and O–H groups in total. The number of ether oxygens (including phenoxy) is 1. The van der Waals surface area contributed by atoms with Crippen LogP contribution in [0, 0.1) is 6.92 Å². The molecule has 9 nitrogen and oxygen atoms in total. The number of amides is 1. The summed E-state index contributed by atoms with van der Waals surface area (Å²) in [6.07, 6.45) is -0.485. The van der Waals surface area contributed by atoms with Gasteiger partial charge in [-0.3, -0.25) is 9.59 Å². The first-order valence-corrected chi connectivity index (χ1v) is 11.1. The molecule has 0 aliphatic heterocycles. The molecule has 0 saturated carbocycles. The van der Waals surface area contributed by atoms with Gasteiger partial charge in [0.25, 0.3) is 5.89 Å². The van der Waals surface area contributed by atoms with Gasteiger partial charge in [-0.15, -0.1) is 0 Å². The zero-order valence-electron chi connectivity index (χ0n) is 19.4. The summed E-state index contributed by atoms with van der Waals surface area (Å²) >= 11 is 0. The van der Waals surface area contributed by atoms with Gasteiger partial charge in [0.05, 0.1) is 6.10 Å². The van der Waals surface area contributed by atoms with E-state index in [0.29, 0.717) is 35.9 Å². The van der Waals surface area contributed by atoms with Crippen LogP contribution in [0.1, 0.15) is 47.3 Å². The number of hydrogen-bond acceptors (Lipinski definition) is 8. The second kappa shape index (κ2) is 11.0. The van der Waals surface area contributed by atoms with Crippen molar-refractivity contribution in [1.82, 2.24) is 10.1 Å². The highest BCUT2D eigenvalue weighted by molar-refractivity contribution is 5.79. The molecule has 0 radical (unpaired) electrons. The summed E-state index contributed by atoms with van der Waals surface area (Å²) in [6.45, 7) is 5.72. The molecular weight excluding hydrogens is 438 g/mol. The lowest BCUT2D eigenvalue weighted by molar-refractivity contribution is -0.127. The third-order valence-electron chi connectivity index (χ3n) is 5.56. The van der Waals surface area contributed by atoms with Gasteiger partial charge in [0.1, 0.15) is 24.7 Å². The average Bonchev–Trinajstić information content (AvgIpc) is 3.32. The summed E-state index contributed by atoms with van der Waals surface area (Å²) < 4.78 is 11.3. The molecule has 0 saturated heterocycles. The fraction of sp³-hybridized carbons (Fsp3) is 0.360. The van der Waals surface area contributed by atoms with Crippen molar-refractivity contribution < 1.29 is 29.1 Å². The van der Waals surface area contributed by atoms with Crippen LogP contribution in [-0.4, -0.2) is 51.4 Å². The van der Waals surface area contributed by atoms with E-state index in [1.165, 1.54) is 0 Å². The number of aldehydes is 1. The largest absolute Gasteiger partial charge is 0.490 e. The Morgan fingerprint density at radius 2 is 1.85 bits per heavy atom. The fourth-order valence-corrected chi connectivity index (χ4v) is 3.68. The van der Waals surface area contributed by atoms with Crippen molar-refractivity contribution in [3.05, 3.63) is 52.6 Å². The molecule has 1 amide bonds. The Hall–Kier alpha value is -3.56. The Bertz CT molecular complexity index is 1170. The van der Waals surface area contributed by atoms with E-state index in [1.807, 2.05) is 39.0 Å². The number of benzene rings is 2. The minimum Gasteiger partial charge on any atom is -0.490 e. The lowest BCUT2D eigenvalue weighted by Gasteiger charge is -2.18. The van der Waals surface area contributed by atoms with Crippen LogP contribution in [0.5, 0.6) is 5.75 Å². The van der Waals surface area contributed by atoms with E-state index < -0.39 is 18.1 Å². The molecule has 0 fully saturated rings. The number of nitrogens with zero attached hydrogens (tertiary/aromatic N) is 2. The number of rotatable bonds is 11. The second-order valence-electron chi connectivity index (χ2n) is 8.06. The molecule has 2 aromatic carbocycles. The lowest BCUT2D eigenvalue weighted by Crippen LogP contribution is -2.33. The quantitative estimate of drug-likeness (QED) is 0.364. The highest BCUT2D eigenvalue weighted by Gasteiger charge is 2.19. The standard InChI is InChI=1S/C25H29N3O6/c1-4-15-9-17(6-7-18(15)12-29)25-27-24(28-34-25)19-8-14(3)22(16(5-2)10-19)33-13-20(30)11-21(31)23(26)32/h6-10,12,20-21,30-31H,4-5,11,13H2,1-3H3,(H2,26,32)/t20-,21?/m0/s1. The van der Waals surface area contributed by atoms with Crippen LogP contribution in [-0.2, 0) is 17.6 Å². The van der Waals surface area contributed by atoms with Crippen molar-refractivity contribution in [1.29, 1.82) is 0 Å². The monoisotopic (exact) mass is 467 g/mol. The molecule has 3 aromatic rings. The van der Waals surface area contributed by atoms with Gasteiger partial charge in [0.2, 0.25) is 11.7 Å². The normalized spacial score (nSPS) is 12.9. The molecule has 34 heavy (non-hydrogen) atoms. The number of aromatic nitrogens is 2. The molecule has 9 heteroatoms. The number of aryl methyl sites for hydroxylation is 3. The molecule has 0 aliphatic carbocycles. The van der Waals surface area contributed by atoms with E-state index in [0.717, 1.165) is 34.1 Å². The van der Waals surface area contributed by atoms with E-state index in [1.54, 1.807) is 12.1 Å². The van der Waals surface area contributed by atoms with E-state index in [4.69, 9.17) is 15.0 Å². The lowest BCUT2D eigenvalue weighted by atomic mass is 10.0. The molecule has 1 heterocycles. The minimum atomic E-state index is -1.43. The average molecular weight is 468 g/mol. The van der Waals surface area contributed by atoms with Gasteiger partial charge in [-0.05, 0) is 60.7 Å². The van der Waals surface area contributed by atoms with Gasteiger partial charge in [0, 0.05) is 23.1 Å². The van der Waals surface area contributed by atoms with E-state index in [2.05, 4.69) is 10.1 Å². The number of nitrogens with two attached hydrogens (primary N) is 1. The SMILES string of the molecule is CCc1cc(-c2nc(-c3cc(C)c(OC[C@@H](O)CC(O)C(N)=O)c(CC)c3)no2)ccc1C=O. The number of hydrogen-bond donors (Lipinski definition) is 3. The predicted molar refractivity (Wildman–Crippen MR) is 125 cm³/mol. The first-order chi connectivity index (χ1) is 16.3. The van der Waals surface area contributed by atoms with Crippen molar-refractivity contribution >= 4 is 12.2 Å². The highest BCUT2D eigenvalue weighted by Crippen LogP contribution is 2.31. The maximum Gasteiger partial charge on any atom is 0.258 e. The molecule has 180 valence electrons. The Morgan fingerprint density at radius 1 is 1.15 bits per heavy atom. The van der Waals surface area contributed by atoms with Crippen LogP contribution in [0.3, 0.4) is 0 Å². The number of aliphatic hydroxyl groups is 2. The maximum absolute atomic E-state index is 11.2. The number of carbonyl (C=O) groups is 2. The molecule has 0 bridgehead atoms. The second-order valence-corrected chi connectivity index (χ2v) is 8.06. The Kier molecular flexibility index (Phi) is 8.14. The summed E-state index contributed by atoms with van der Waals surface area (Å²) in [7, 11) is 0. The minimum absolute atomic E-state index is 0.0968. The molecule has 0 aliphatic rings. The Morgan fingerprint density at radius 3 is 2.50 bits per heavy atom. The first-order valence-electron chi connectivity index (χ1n) is 11.1. The molecule has 1 aromatic heterocycles. The smallest absolute Gasteiger partial charge is 0.258 e. The number of primary amides is 1. The van der Waals surface area contributed by atoms with Crippen LogP contribution in [0.15, 0.2) is 34.9 Å². The van der Waals surface area contributed by atoms with Crippen LogP contribution in [0.2, 0.25) is 0 Å². The zero-order valence-corrected chi connectivity index (χ0v) is 19.4.